The van der Waals surface area contributed by atoms with Gasteiger partial charge in [0.15, 0.2) is 0 Å². The van der Waals surface area contributed by atoms with E-state index in [9.17, 15) is 13.2 Å². The SMILES string of the molecule is FC(F)(F)c1ncc2c(n1)CCNC2. The summed E-state index contributed by atoms with van der Waals surface area (Å²) in [4.78, 5) is 6.80. The van der Waals surface area contributed by atoms with Crippen molar-refractivity contribution in [3.05, 3.63) is 23.3 Å². The van der Waals surface area contributed by atoms with Gasteiger partial charge in [0.05, 0.1) is 5.69 Å². The minimum atomic E-state index is -4.44. The Bertz CT molecular complexity index is 348. The van der Waals surface area contributed by atoms with E-state index in [0.717, 1.165) is 5.56 Å². The van der Waals surface area contributed by atoms with Crippen LogP contribution >= 0.6 is 0 Å². The second-order valence-electron chi connectivity index (χ2n) is 3.09. The van der Waals surface area contributed by atoms with Gasteiger partial charge in [-0.2, -0.15) is 13.2 Å². The first-order chi connectivity index (χ1) is 6.57. The van der Waals surface area contributed by atoms with E-state index >= 15 is 0 Å². The van der Waals surface area contributed by atoms with Crippen LogP contribution in [0.15, 0.2) is 6.20 Å². The van der Waals surface area contributed by atoms with Crippen LogP contribution in [0, 0.1) is 0 Å². The maximum absolute atomic E-state index is 12.2. The quantitative estimate of drug-likeness (QED) is 0.687. The maximum Gasteiger partial charge on any atom is 0.451 e. The molecule has 1 aromatic heterocycles. The van der Waals surface area contributed by atoms with Crippen LogP contribution in [0.2, 0.25) is 0 Å². The van der Waals surface area contributed by atoms with Gasteiger partial charge in [-0.1, -0.05) is 0 Å². The summed E-state index contributed by atoms with van der Waals surface area (Å²) < 4.78 is 36.7. The molecule has 1 aromatic rings. The van der Waals surface area contributed by atoms with E-state index in [0.29, 0.717) is 25.2 Å². The van der Waals surface area contributed by atoms with E-state index in [2.05, 4.69) is 15.3 Å². The predicted octanol–water partition coefficient (Wildman–Crippen LogP) is 1.14. The molecule has 0 fully saturated rings. The Hall–Kier alpha value is -1.17. The summed E-state index contributed by atoms with van der Waals surface area (Å²) in [5, 5.41) is 3.04. The molecule has 2 rings (SSSR count). The highest BCUT2D eigenvalue weighted by Gasteiger charge is 2.35. The van der Waals surface area contributed by atoms with E-state index in [1.807, 2.05) is 0 Å². The fourth-order valence-corrected chi connectivity index (χ4v) is 1.37. The molecule has 0 unspecified atom stereocenters. The second-order valence-corrected chi connectivity index (χ2v) is 3.09. The predicted molar refractivity (Wildman–Crippen MR) is 42.4 cm³/mol. The van der Waals surface area contributed by atoms with Crippen molar-refractivity contribution in [1.82, 2.24) is 15.3 Å². The topological polar surface area (TPSA) is 37.8 Å². The van der Waals surface area contributed by atoms with Gasteiger partial charge < -0.3 is 5.32 Å². The smallest absolute Gasteiger partial charge is 0.312 e. The number of nitrogens with zero attached hydrogens (tertiary/aromatic N) is 2. The van der Waals surface area contributed by atoms with Gasteiger partial charge in [0, 0.05) is 31.3 Å². The van der Waals surface area contributed by atoms with Gasteiger partial charge in [-0.05, 0) is 0 Å². The first kappa shape index (κ1) is 9.39. The Morgan fingerprint density at radius 1 is 1.36 bits per heavy atom. The third-order valence-corrected chi connectivity index (χ3v) is 2.06. The van der Waals surface area contributed by atoms with Crippen LogP contribution in [0.3, 0.4) is 0 Å². The third-order valence-electron chi connectivity index (χ3n) is 2.06. The molecule has 76 valence electrons. The van der Waals surface area contributed by atoms with Crippen LogP contribution in [0.1, 0.15) is 17.1 Å². The van der Waals surface area contributed by atoms with Crippen LogP contribution in [0.4, 0.5) is 13.2 Å². The van der Waals surface area contributed by atoms with Gasteiger partial charge >= 0.3 is 6.18 Å². The normalized spacial score (nSPS) is 16.5. The van der Waals surface area contributed by atoms with E-state index in [1.165, 1.54) is 6.20 Å². The van der Waals surface area contributed by atoms with Crippen molar-refractivity contribution in [1.29, 1.82) is 0 Å². The summed E-state index contributed by atoms with van der Waals surface area (Å²) >= 11 is 0. The second kappa shape index (κ2) is 3.20. The number of fused-ring (bicyclic) bond motifs is 1. The fraction of sp³-hybridized carbons (Fsp3) is 0.500. The van der Waals surface area contributed by atoms with Crippen molar-refractivity contribution < 1.29 is 13.2 Å². The summed E-state index contributed by atoms with van der Waals surface area (Å²) in [5.41, 5.74) is 1.26. The van der Waals surface area contributed by atoms with E-state index in [1.54, 1.807) is 0 Å². The Morgan fingerprint density at radius 3 is 2.86 bits per heavy atom. The third kappa shape index (κ3) is 1.70. The molecule has 2 heterocycles. The highest BCUT2D eigenvalue weighted by Crippen LogP contribution is 2.26. The average molecular weight is 203 g/mol. The van der Waals surface area contributed by atoms with Crippen LogP contribution in [-0.2, 0) is 19.1 Å². The summed E-state index contributed by atoms with van der Waals surface area (Å²) in [6.07, 6.45) is -2.67. The molecule has 0 radical (unpaired) electrons. The Morgan fingerprint density at radius 2 is 2.14 bits per heavy atom. The van der Waals surface area contributed by atoms with E-state index < -0.39 is 12.0 Å². The molecule has 0 spiro atoms. The summed E-state index contributed by atoms with van der Waals surface area (Å²) in [6.45, 7) is 1.22. The monoisotopic (exact) mass is 203 g/mol. The molecule has 0 aromatic carbocycles. The summed E-state index contributed by atoms with van der Waals surface area (Å²) in [7, 11) is 0. The van der Waals surface area contributed by atoms with Crippen LogP contribution in [0.25, 0.3) is 0 Å². The molecule has 1 N–H and O–H groups in total. The van der Waals surface area contributed by atoms with Crippen molar-refractivity contribution in [3.8, 4) is 0 Å². The fourth-order valence-electron chi connectivity index (χ4n) is 1.37. The molecular weight excluding hydrogens is 195 g/mol. The summed E-state index contributed by atoms with van der Waals surface area (Å²) in [6, 6.07) is 0. The Balaban J connectivity index is 2.39. The number of aromatic nitrogens is 2. The van der Waals surface area contributed by atoms with Gasteiger partial charge in [0.25, 0.3) is 0 Å². The highest BCUT2D eigenvalue weighted by molar-refractivity contribution is 5.20. The van der Waals surface area contributed by atoms with Crippen molar-refractivity contribution >= 4 is 0 Å². The summed E-state index contributed by atoms with van der Waals surface area (Å²) in [5.74, 6) is -1.04. The molecule has 14 heavy (non-hydrogen) atoms. The standard InChI is InChI=1S/C8H8F3N3/c9-8(10,11)7-13-4-5-3-12-2-1-6(5)14-7/h4,12H,1-3H2. The van der Waals surface area contributed by atoms with Gasteiger partial charge in [0.1, 0.15) is 0 Å². The lowest BCUT2D eigenvalue weighted by atomic mass is 10.1. The molecule has 6 heteroatoms. The number of rotatable bonds is 0. The largest absolute Gasteiger partial charge is 0.451 e. The van der Waals surface area contributed by atoms with Crippen molar-refractivity contribution in [2.75, 3.05) is 6.54 Å². The lowest BCUT2D eigenvalue weighted by Gasteiger charge is -2.16. The van der Waals surface area contributed by atoms with Crippen LogP contribution in [0.5, 0.6) is 0 Å². The van der Waals surface area contributed by atoms with Gasteiger partial charge in [-0.3, -0.25) is 0 Å². The molecule has 3 nitrogen and oxygen atoms in total. The van der Waals surface area contributed by atoms with Crippen molar-refractivity contribution in [2.45, 2.75) is 19.1 Å². The van der Waals surface area contributed by atoms with Crippen molar-refractivity contribution in [3.63, 3.8) is 0 Å². The molecule has 0 amide bonds. The first-order valence-corrected chi connectivity index (χ1v) is 4.20. The Kier molecular flexibility index (Phi) is 2.14. The average Bonchev–Trinajstić information content (AvgIpc) is 2.16. The lowest BCUT2D eigenvalue weighted by molar-refractivity contribution is -0.145. The molecule has 1 aliphatic heterocycles. The molecule has 0 bridgehead atoms. The van der Waals surface area contributed by atoms with Gasteiger partial charge in [-0.25, -0.2) is 9.97 Å². The molecular formula is C8H8F3N3. The minimum Gasteiger partial charge on any atom is -0.312 e. The Labute approximate surface area is 78.4 Å². The molecule has 0 saturated carbocycles. The number of hydrogen-bond acceptors (Lipinski definition) is 3. The zero-order valence-corrected chi connectivity index (χ0v) is 7.23. The number of nitrogens with one attached hydrogen (secondary N) is 1. The van der Waals surface area contributed by atoms with E-state index in [4.69, 9.17) is 0 Å². The number of hydrogen-bond donors (Lipinski definition) is 1. The molecule has 0 atom stereocenters. The number of halogens is 3. The van der Waals surface area contributed by atoms with E-state index in [-0.39, 0.29) is 0 Å². The molecule has 0 saturated heterocycles. The highest BCUT2D eigenvalue weighted by atomic mass is 19.4. The van der Waals surface area contributed by atoms with Crippen molar-refractivity contribution in [2.24, 2.45) is 0 Å². The lowest BCUT2D eigenvalue weighted by Crippen LogP contribution is -2.26. The zero-order chi connectivity index (χ0) is 10.2. The van der Waals surface area contributed by atoms with Gasteiger partial charge in [0.2, 0.25) is 5.82 Å². The number of alkyl halides is 3. The zero-order valence-electron chi connectivity index (χ0n) is 7.23. The van der Waals surface area contributed by atoms with Crippen LogP contribution < -0.4 is 5.32 Å². The first-order valence-electron chi connectivity index (χ1n) is 4.20. The molecule has 1 aliphatic rings. The molecule has 0 aliphatic carbocycles. The minimum absolute atomic E-state index is 0.506. The van der Waals surface area contributed by atoms with Gasteiger partial charge in [-0.15, -0.1) is 0 Å². The maximum atomic E-state index is 12.2. The van der Waals surface area contributed by atoms with Crippen LogP contribution in [-0.4, -0.2) is 16.5 Å².